The summed E-state index contributed by atoms with van der Waals surface area (Å²) in [6.07, 6.45) is 3.00. The Morgan fingerprint density at radius 1 is 1.06 bits per heavy atom. The lowest BCUT2D eigenvalue weighted by atomic mass is 9.92. The third kappa shape index (κ3) is 1.61. The van der Waals surface area contributed by atoms with Gasteiger partial charge in [-0.05, 0) is 32.8 Å². The van der Waals surface area contributed by atoms with Gasteiger partial charge in [-0.2, -0.15) is 0 Å². The molecule has 1 N–H and O–H groups in total. The Bertz CT molecular complexity index is 454. The van der Waals surface area contributed by atoms with Crippen LogP contribution in [0.3, 0.4) is 0 Å². The van der Waals surface area contributed by atoms with E-state index in [-0.39, 0.29) is 18.8 Å². The molecule has 2 unspecified atom stereocenters. The van der Waals surface area contributed by atoms with Crippen molar-refractivity contribution in [2.45, 2.75) is 52.2 Å². The van der Waals surface area contributed by atoms with E-state index in [2.05, 4.69) is 20.8 Å². The molecule has 1 aromatic carbocycles. The van der Waals surface area contributed by atoms with Crippen LogP contribution in [0.2, 0.25) is 0 Å². The molecule has 0 radical (unpaired) electrons. The van der Waals surface area contributed by atoms with Gasteiger partial charge in [0.25, 0.3) is 0 Å². The topological polar surface area (TPSA) is 38.7 Å². The van der Waals surface area contributed by atoms with Gasteiger partial charge in [-0.3, -0.25) is 0 Å². The first kappa shape index (κ1) is 11.8. The smallest absolute Gasteiger partial charge is 0.127 e. The third-order valence-corrected chi connectivity index (χ3v) is 3.96. The van der Waals surface area contributed by atoms with Gasteiger partial charge in [-0.15, -0.1) is 0 Å². The molecule has 3 nitrogen and oxygen atoms in total. The summed E-state index contributed by atoms with van der Waals surface area (Å²) in [7, 11) is 0. The van der Waals surface area contributed by atoms with Gasteiger partial charge in [0.2, 0.25) is 0 Å². The first-order valence-electron chi connectivity index (χ1n) is 6.73. The van der Waals surface area contributed by atoms with Crippen molar-refractivity contribution in [3.63, 3.8) is 0 Å². The predicted octanol–water partition coefficient (Wildman–Crippen LogP) is 2.18. The van der Waals surface area contributed by atoms with Crippen molar-refractivity contribution in [2.24, 2.45) is 0 Å². The highest BCUT2D eigenvalue weighted by molar-refractivity contribution is 5.62. The Morgan fingerprint density at radius 2 is 1.67 bits per heavy atom. The van der Waals surface area contributed by atoms with Gasteiger partial charge in [-0.25, -0.2) is 0 Å². The molecule has 0 spiro atoms. The molecule has 2 aliphatic heterocycles. The van der Waals surface area contributed by atoms with Crippen LogP contribution < -0.4 is 9.47 Å². The molecule has 2 heterocycles. The maximum atomic E-state index is 9.29. The molecule has 0 bridgehead atoms. The van der Waals surface area contributed by atoms with Crippen LogP contribution in [-0.4, -0.2) is 23.9 Å². The molecule has 1 aromatic rings. The molecule has 2 atom stereocenters. The number of aliphatic hydroxyl groups is 1. The summed E-state index contributed by atoms with van der Waals surface area (Å²) in [5, 5.41) is 9.29. The Morgan fingerprint density at radius 3 is 2.33 bits per heavy atom. The Hall–Kier alpha value is -1.22. The minimum absolute atomic E-state index is 0.161. The Balaban J connectivity index is 2.19. The summed E-state index contributed by atoms with van der Waals surface area (Å²) in [6.45, 7) is 6.47. The number of hydrogen-bond acceptors (Lipinski definition) is 3. The van der Waals surface area contributed by atoms with Gasteiger partial charge >= 0.3 is 0 Å². The highest BCUT2D eigenvalue weighted by Crippen LogP contribution is 2.46. The fourth-order valence-corrected chi connectivity index (χ4v) is 3.19. The van der Waals surface area contributed by atoms with Gasteiger partial charge in [-0.1, -0.05) is 0 Å². The largest absolute Gasteiger partial charge is 0.490 e. The lowest BCUT2D eigenvalue weighted by molar-refractivity contribution is 0.248. The zero-order valence-corrected chi connectivity index (χ0v) is 11.2. The van der Waals surface area contributed by atoms with Gasteiger partial charge in [0, 0.05) is 36.1 Å². The van der Waals surface area contributed by atoms with Crippen molar-refractivity contribution in [3.05, 3.63) is 22.3 Å². The van der Waals surface area contributed by atoms with Crippen LogP contribution >= 0.6 is 0 Å². The van der Waals surface area contributed by atoms with Crippen LogP contribution in [0.15, 0.2) is 0 Å². The molecular formula is C15H20O3. The highest BCUT2D eigenvalue weighted by atomic mass is 16.5. The summed E-state index contributed by atoms with van der Waals surface area (Å²) in [4.78, 5) is 0. The van der Waals surface area contributed by atoms with Crippen molar-refractivity contribution in [2.75, 3.05) is 6.61 Å². The predicted molar refractivity (Wildman–Crippen MR) is 69.6 cm³/mol. The van der Waals surface area contributed by atoms with Crippen LogP contribution in [0.1, 0.15) is 36.1 Å². The number of hydrogen-bond donors (Lipinski definition) is 1. The van der Waals surface area contributed by atoms with Crippen LogP contribution in [0.25, 0.3) is 0 Å². The average molecular weight is 248 g/mol. The van der Waals surface area contributed by atoms with Crippen molar-refractivity contribution < 1.29 is 14.6 Å². The van der Waals surface area contributed by atoms with Crippen LogP contribution in [0.5, 0.6) is 11.5 Å². The minimum atomic E-state index is 0.161. The van der Waals surface area contributed by atoms with E-state index in [9.17, 15) is 5.11 Å². The van der Waals surface area contributed by atoms with Crippen molar-refractivity contribution >= 4 is 0 Å². The first-order chi connectivity index (χ1) is 8.61. The van der Waals surface area contributed by atoms with Gasteiger partial charge in [0.05, 0.1) is 0 Å². The van der Waals surface area contributed by atoms with Crippen LogP contribution in [0, 0.1) is 6.92 Å². The number of fused-ring (bicyclic) bond motifs is 2. The average Bonchev–Trinajstić information content (AvgIpc) is 2.88. The zero-order valence-electron chi connectivity index (χ0n) is 11.2. The SMILES string of the molecule is Cc1c2c(c(CCO)c3c1OC(C)C3)OC(C)C2. The van der Waals surface area contributed by atoms with E-state index in [1.54, 1.807) is 0 Å². The molecule has 98 valence electrons. The lowest BCUT2D eigenvalue weighted by Crippen LogP contribution is -2.08. The summed E-state index contributed by atoms with van der Waals surface area (Å²) in [5.41, 5.74) is 4.93. The molecule has 0 saturated heterocycles. The molecule has 2 aliphatic rings. The monoisotopic (exact) mass is 248 g/mol. The van der Waals surface area contributed by atoms with Crippen LogP contribution in [0.4, 0.5) is 0 Å². The van der Waals surface area contributed by atoms with E-state index in [0.29, 0.717) is 6.42 Å². The molecule has 0 saturated carbocycles. The van der Waals surface area contributed by atoms with Gasteiger partial charge in [0.1, 0.15) is 23.7 Å². The summed E-state index contributed by atoms with van der Waals surface area (Å²) in [5.74, 6) is 2.06. The second kappa shape index (κ2) is 4.16. The molecule has 0 aromatic heterocycles. The molecule has 3 heteroatoms. The standard InChI is InChI=1S/C15H20O3/c1-8-6-12-10(3)14-13(7-9(2)17-14)11(4-5-16)15(12)18-8/h8-9,16H,4-7H2,1-3H3. The first-order valence-corrected chi connectivity index (χ1v) is 6.73. The molecule has 0 amide bonds. The number of rotatable bonds is 2. The highest BCUT2D eigenvalue weighted by Gasteiger charge is 2.33. The normalized spacial score (nSPS) is 24.4. The third-order valence-electron chi connectivity index (χ3n) is 3.96. The Labute approximate surface area is 108 Å². The second-order valence-electron chi connectivity index (χ2n) is 5.46. The van der Waals surface area contributed by atoms with E-state index in [4.69, 9.17) is 9.47 Å². The molecule has 0 fully saturated rings. The quantitative estimate of drug-likeness (QED) is 0.872. The van der Waals surface area contributed by atoms with Gasteiger partial charge in [0.15, 0.2) is 0 Å². The Kier molecular flexibility index (Phi) is 2.74. The molecule has 3 rings (SSSR count). The number of benzene rings is 1. The van der Waals surface area contributed by atoms with Crippen molar-refractivity contribution in [1.82, 2.24) is 0 Å². The molecule has 0 aliphatic carbocycles. The van der Waals surface area contributed by atoms with Crippen molar-refractivity contribution in [1.29, 1.82) is 0 Å². The van der Waals surface area contributed by atoms with Gasteiger partial charge < -0.3 is 14.6 Å². The fraction of sp³-hybridized carbons (Fsp3) is 0.600. The number of aliphatic hydroxyl groups excluding tert-OH is 1. The minimum Gasteiger partial charge on any atom is -0.490 e. The summed E-state index contributed by atoms with van der Waals surface area (Å²) in [6, 6.07) is 0. The summed E-state index contributed by atoms with van der Waals surface area (Å²) >= 11 is 0. The number of ether oxygens (including phenoxy) is 2. The maximum absolute atomic E-state index is 9.29. The van der Waals surface area contributed by atoms with E-state index in [1.165, 1.54) is 22.3 Å². The zero-order chi connectivity index (χ0) is 12.9. The summed E-state index contributed by atoms with van der Waals surface area (Å²) < 4.78 is 11.9. The lowest BCUT2D eigenvalue weighted by Gasteiger charge is -2.15. The van der Waals surface area contributed by atoms with Crippen molar-refractivity contribution in [3.8, 4) is 11.5 Å². The second-order valence-corrected chi connectivity index (χ2v) is 5.46. The maximum Gasteiger partial charge on any atom is 0.127 e. The fourth-order valence-electron chi connectivity index (χ4n) is 3.19. The van der Waals surface area contributed by atoms with E-state index in [1.807, 2.05) is 0 Å². The van der Waals surface area contributed by atoms with Crippen LogP contribution in [-0.2, 0) is 19.3 Å². The van der Waals surface area contributed by atoms with E-state index < -0.39 is 0 Å². The molecule has 18 heavy (non-hydrogen) atoms. The van der Waals surface area contributed by atoms with E-state index in [0.717, 1.165) is 24.3 Å². The van der Waals surface area contributed by atoms with E-state index >= 15 is 0 Å². The molecular weight excluding hydrogens is 228 g/mol.